The fourth-order valence-corrected chi connectivity index (χ4v) is 2.40. The van der Waals surface area contributed by atoms with Gasteiger partial charge in [-0.05, 0) is 30.5 Å². The van der Waals surface area contributed by atoms with E-state index in [0.717, 1.165) is 30.6 Å². The van der Waals surface area contributed by atoms with Crippen molar-refractivity contribution in [1.29, 1.82) is 5.26 Å². The fraction of sp³-hybridized carbons (Fsp3) is 0.385. The lowest BCUT2D eigenvalue weighted by Crippen LogP contribution is -2.40. The van der Waals surface area contributed by atoms with Crippen LogP contribution in [0.25, 0.3) is 0 Å². The Morgan fingerprint density at radius 1 is 1.56 bits per heavy atom. The summed E-state index contributed by atoms with van der Waals surface area (Å²) in [6.45, 7) is 1.15. The molecule has 0 saturated carbocycles. The summed E-state index contributed by atoms with van der Waals surface area (Å²) in [7, 11) is 0. The van der Waals surface area contributed by atoms with Crippen LogP contribution < -0.4 is 16.4 Å². The average molecular weight is 244 g/mol. The van der Waals surface area contributed by atoms with Gasteiger partial charge >= 0.3 is 0 Å². The first-order valence-corrected chi connectivity index (χ1v) is 5.96. The molecule has 1 saturated heterocycles. The molecule has 0 bridgehead atoms. The highest BCUT2D eigenvalue weighted by atomic mass is 16.1. The normalized spacial score (nSPS) is 18.7. The molecular weight excluding hydrogens is 228 g/mol. The summed E-state index contributed by atoms with van der Waals surface area (Å²) in [6, 6.07) is 7.35. The van der Waals surface area contributed by atoms with Gasteiger partial charge < -0.3 is 16.4 Å². The smallest absolute Gasteiger partial charge is 0.240 e. The topological polar surface area (TPSA) is 96.1 Å². The molecule has 0 spiro atoms. The average Bonchev–Trinajstić information content (AvgIpc) is 2.87. The molecule has 1 aliphatic rings. The number of nitrogens with zero attached hydrogens (tertiary/aromatic N) is 2. The summed E-state index contributed by atoms with van der Waals surface area (Å²) in [6.07, 6.45) is 1.66. The van der Waals surface area contributed by atoms with E-state index < -0.39 is 0 Å². The molecule has 1 unspecified atom stereocenters. The Kier molecular flexibility index (Phi) is 3.49. The van der Waals surface area contributed by atoms with Crippen LogP contribution in [0.5, 0.6) is 0 Å². The number of hydrogen-bond acceptors (Lipinski definition) is 4. The molecule has 0 aromatic heterocycles. The summed E-state index contributed by atoms with van der Waals surface area (Å²) < 4.78 is 0. The Morgan fingerprint density at radius 3 is 2.94 bits per heavy atom. The monoisotopic (exact) mass is 244 g/mol. The van der Waals surface area contributed by atoms with Gasteiger partial charge in [-0.15, -0.1) is 0 Å². The third kappa shape index (κ3) is 2.15. The number of primary amides is 1. The number of carbonyl (C=O) groups excluding carboxylic acids is 1. The molecule has 0 radical (unpaired) electrons. The summed E-state index contributed by atoms with van der Waals surface area (Å²) in [5, 5.41) is 9.19. The first-order chi connectivity index (χ1) is 8.67. The van der Waals surface area contributed by atoms with Crippen LogP contribution in [0.15, 0.2) is 18.2 Å². The van der Waals surface area contributed by atoms with E-state index in [1.807, 2.05) is 17.0 Å². The largest absolute Gasteiger partial charge is 0.368 e. The lowest BCUT2D eigenvalue weighted by atomic mass is 10.1. The van der Waals surface area contributed by atoms with Gasteiger partial charge in [0.2, 0.25) is 5.91 Å². The van der Waals surface area contributed by atoms with Gasteiger partial charge in [0.15, 0.2) is 0 Å². The molecule has 94 valence electrons. The van der Waals surface area contributed by atoms with E-state index in [2.05, 4.69) is 6.07 Å². The van der Waals surface area contributed by atoms with Gasteiger partial charge in [0.05, 0.1) is 11.3 Å². The maximum atomic E-state index is 11.4. The van der Waals surface area contributed by atoms with E-state index in [4.69, 9.17) is 11.5 Å². The minimum atomic E-state index is -0.334. The van der Waals surface area contributed by atoms with Crippen LogP contribution in [0.3, 0.4) is 0 Å². The van der Waals surface area contributed by atoms with Gasteiger partial charge in [0.1, 0.15) is 12.1 Å². The number of nitriles is 1. The Bertz CT molecular complexity index is 506. The molecule has 1 aromatic rings. The molecule has 5 nitrogen and oxygen atoms in total. The molecule has 1 amide bonds. The third-order valence-electron chi connectivity index (χ3n) is 3.31. The van der Waals surface area contributed by atoms with Crippen LogP contribution in [0, 0.1) is 11.3 Å². The number of anilines is 1. The van der Waals surface area contributed by atoms with Gasteiger partial charge in [0.25, 0.3) is 0 Å². The van der Waals surface area contributed by atoms with Crippen LogP contribution in [-0.2, 0) is 11.3 Å². The van der Waals surface area contributed by atoms with Crippen LogP contribution in [-0.4, -0.2) is 18.5 Å². The minimum Gasteiger partial charge on any atom is -0.368 e. The highest BCUT2D eigenvalue weighted by Gasteiger charge is 2.30. The van der Waals surface area contributed by atoms with Crippen molar-refractivity contribution in [3.8, 4) is 6.07 Å². The van der Waals surface area contributed by atoms with Crippen molar-refractivity contribution in [3.63, 3.8) is 0 Å². The van der Waals surface area contributed by atoms with E-state index in [9.17, 15) is 10.1 Å². The van der Waals surface area contributed by atoms with Crippen LogP contribution >= 0.6 is 0 Å². The zero-order valence-corrected chi connectivity index (χ0v) is 10.1. The third-order valence-corrected chi connectivity index (χ3v) is 3.31. The van der Waals surface area contributed by atoms with Crippen LogP contribution in [0.1, 0.15) is 24.0 Å². The molecule has 4 N–H and O–H groups in total. The quantitative estimate of drug-likeness (QED) is 0.807. The first-order valence-electron chi connectivity index (χ1n) is 5.96. The first kappa shape index (κ1) is 12.4. The number of hydrogen-bond donors (Lipinski definition) is 2. The van der Waals surface area contributed by atoms with E-state index in [0.29, 0.717) is 12.1 Å². The van der Waals surface area contributed by atoms with Gasteiger partial charge in [-0.3, -0.25) is 4.79 Å². The second-order valence-corrected chi connectivity index (χ2v) is 4.42. The summed E-state index contributed by atoms with van der Waals surface area (Å²) in [5.74, 6) is -0.334. The standard InChI is InChI=1S/C13H16N4O/c14-7-9-3-4-11(10(6-9)8-15)17-5-1-2-12(17)13(16)18/h3-4,6,12H,1-2,5,7,14H2,(H2,16,18). The number of amides is 1. The number of benzene rings is 1. The van der Waals surface area contributed by atoms with Crippen molar-refractivity contribution < 1.29 is 4.79 Å². The van der Waals surface area contributed by atoms with E-state index in [-0.39, 0.29) is 11.9 Å². The van der Waals surface area contributed by atoms with Crippen LogP contribution in [0.2, 0.25) is 0 Å². The minimum absolute atomic E-state index is 0.305. The second-order valence-electron chi connectivity index (χ2n) is 4.42. The zero-order valence-electron chi connectivity index (χ0n) is 10.1. The summed E-state index contributed by atoms with van der Waals surface area (Å²) in [4.78, 5) is 13.3. The van der Waals surface area contributed by atoms with Crippen molar-refractivity contribution in [3.05, 3.63) is 29.3 Å². The van der Waals surface area contributed by atoms with Gasteiger partial charge in [0, 0.05) is 13.1 Å². The lowest BCUT2D eigenvalue weighted by Gasteiger charge is -2.25. The van der Waals surface area contributed by atoms with Crippen molar-refractivity contribution in [1.82, 2.24) is 0 Å². The molecule has 1 atom stereocenters. The maximum Gasteiger partial charge on any atom is 0.240 e. The highest BCUT2D eigenvalue weighted by Crippen LogP contribution is 2.29. The lowest BCUT2D eigenvalue weighted by molar-refractivity contribution is -0.119. The van der Waals surface area contributed by atoms with Crippen molar-refractivity contribution >= 4 is 11.6 Å². The van der Waals surface area contributed by atoms with Crippen molar-refractivity contribution in [2.75, 3.05) is 11.4 Å². The van der Waals surface area contributed by atoms with Crippen molar-refractivity contribution in [2.24, 2.45) is 11.5 Å². The predicted octanol–water partition coefficient (Wildman–Crippen LogP) is 0.471. The Morgan fingerprint density at radius 2 is 2.33 bits per heavy atom. The van der Waals surface area contributed by atoms with Crippen molar-refractivity contribution in [2.45, 2.75) is 25.4 Å². The SMILES string of the molecule is N#Cc1cc(CN)ccc1N1CCCC1C(N)=O. The highest BCUT2D eigenvalue weighted by molar-refractivity contribution is 5.85. The molecule has 1 aliphatic heterocycles. The van der Waals surface area contributed by atoms with Crippen LogP contribution in [0.4, 0.5) is 5.69 Å². The second kappa shape index (κ2) is 5.07. The zero-order chi connectivity index (χ0) is 13.1. The number of rotatable bonds is 3. The Labute approximate surface area is 106 Å². The molecule has 18 heavy (non-hydrogen) atoms. The molecular formula is C13H16N4O. The summed E-state index contributed by atoms with van der Waals surface area (Å²) in [5.41, 5.74) is 13.2. The van der Waals surface area contributed by atoms with Gasteiger partial charge in [-0.1, -0.05) is 6.07 Å². The number of nitrogens with two attached hydrogens (primary N) is 2. The fourth-order valence-electron chi connectivity index (χ4n) is 2.40. The number of carbonyl (C=O) groups is 1. The molecule has 0 aliphatic carbocycles. The van der Waals surface area contributed by atoms with E-state index in [1.54, 1.807) is 6.07 Å². The molecule has 1 aromatic carbocycles. The molecule has 5 heteroatoms. The molecule has 1 fully saturated rings. The molecule has 1 heterocycles. The molecule has 2 rings (SSSR count). The summed E-state index contributed by atoms with van der Waals surface area (Å²) >= 11 is 0. The van der Waals surface area contributed by atoms with Gasteiger partial charge in [-0.25, -0.2) is 0 Å². The Hall–Kier alpha value is -2.06. The van der Waals surface area contributed by atoms with E-state index >= 15 is 0 Å². The maximum absolute atomic E-state index is 11.4. The predicted molar refractivity (Wildman–Crippen MR) is 68.6 cm³/mol. The Balaban J connectivity index is 2.39. The van der Waals surface area contributed by atoms with Gasteiger partial charge in [-0.2, -0.15) is 5.26 Å². The van der Waals surface area contributed by atoms with E-state index in [1.165, 1.54) is 0 Å².